The van der Waals surface area contributed by atoms with Gasteiger partial charge in [-0.15, -0.1) is 0 Å². The van der Waals surface area contributed by atoms with E-state index in [-0.39, 0.29) is 0 Å². The summed E-state index contributed by atoms with van der Waals surface area (Å²) in [4.78, 5) is 4.59. The van der Waals surface area contributed by atoms with Gasteiger partial charge in [0.15, 0.2) is 0 Å². The molecular weight excluding hydrogens is 277 g/mol. The lowest BCUT2D eigenvalue weighted by molar-refractivity contribution is 0.462. The first-order valence-electron chi connectivity index (χ1n) is 4.68. The second-order valence-electron chi connectivity index (χ2n) is 3.39. The molecule has 1 aromatic heterocycles. The van der Waals surface area contributed by atoms with Gasteiger partial charge >= 0.3 is 0 Å². The van der Waals surface area contributed by atoms with Crippen LogP contribution in [0.4, 0.5) is 0 Å². The lowest BCUT2D eigenvalue weighted by Gasteiger charge is -2.20. The summed E-state index contributed by atoms with van der Waals surface area (Å²) in [6.07, 6.45) is 1.15. The highest BCUT2D eigenvalue weighted by atomic mass is 127. The van der Waals surface area contributed by atoms with E-state index in [2.05, 4.69) is 49.4 Å². The standard InChI is InChI=1S/C9H14IN3/c1-3-13-7(2)11-8-6-12(10)5-4-9(8)13/h3-6H2,1-2H3. The summed E-state index contributed by atoms with van der Waals surface area (Å²) < 4.78 is 4.63. The fourth-order valence-electron chi connectivity index (χ4n) is 1.97. The maximum absolute atomic E-state index is 4.59. The maximum Gasteiger partial charge on any atom is 0.106 e. The van der Waals surface area contributed by atoms with E-state index in [1.54, 1.807) is 0 Å². The minimum absolute atomic E-state index is 1.00. The molecule has 72 valence electrons. The Labute approximate surface area is 92.6 Å². The van der Waals surface area contributed by atoms with Crippen molar-refractivity contribution < 1.29 is 0 Å². The molecule has 1 aliphatic heterocycles. The molecule has 0 aromatic carbocycles. The Morgan fingerprint density at radius 3 is 3.00 bits per heavy atom. The molecule has 0 amide bonds. The van der Waals surface area contributed by atoms with Crippen molar-refractivity contribution in [1.29, 1.82) is 0 Å². The highest BCUT2D eigenvalue weighted by Crippen LogP contribution is 2.21. The Bertz CT molecular complexity index is 319. The van der Waals surface area contributed by atoms with Gasteiger partial charge in [0, 0.05) is 48.1 Å². The van der Waals surface area contributed by atoms with Crippen molar-refractivity contribution in [3.63, 3.8) is 0 Å². The molecule has 0 bridgehead atoms. The van der Waals surface area contributed by atoms with Crippen molar-refractivity contribution in [3.8, 4) is 0 Å². The number of imidazole rings is 1. The Kier molecular flexibility index (Phi) is 2.60. The van der Waals surface area contributed by atoms with Gasteiger partial charge in [-0.3, -0.25) is 0 Å². The Morgan fingerprint density at radius 2 is 2.31 bits per heavy atom. The molecular formula is C9H14IN3. The zero-order valence-electron chi connectivity index (χ0n) is 8.05. The van der Waals surface area contributed by atoms with Crippen LogP contribution >= 0.6 is 22.9 Å². The molecule has 0 aliphatic carbocycles. The third-order valence-corrected chi connectivity index (χ3v) is 3.40. The van der Waals surface area contributed by atoms with Crippen LogP contribution in [-0.4, -0.2) is 19.2 Å². The minimum atomic E-state index is 1.00. The molecule has 0 unspecified atom stereocenters. The Hall–Kier alpha value is -0.100. The number of nitrogens with zero attached hydrogens (tertiary/aromatic N) is 3. The van der Waals surface area contributed by atoms with Crippen LogP contribution in [0.2, 0.25) is 0 Å². The molecule has 0 saturated heterocycles. The van der Waals surface area contributed by atoms with Crippen LogP contribution in [0.3, 0.4) is 0 Å². The van der Waals surface area contributed by atoms with E-state index in [0.717, 1.165) is 26.1 Å². The fourth-order valence-corrected chi connectivity index (χ4v) is 2.53. The van der Waals surface area contributed by atoms with Gasteiger partial charge in [-0.2, -0.15) is 0 Å². The van der Waals surface area contributed by atoms with E-state index in [0.29, 0.717) is 0 Å². The zero-order chi connectivity index (χ0) is 9.42. The molecule has 0 fully saturated rings. The molecule has 0 spiro atoms. The summed E-state index contributed by atoms with van der Waals surface area (Å²) in [6.45, 7) is 7.49. The summed E-state index contributed by atoms with van der Waals surface area (Å²) in [5, 5.41) is 0. The van der Waals surface area contributed by atoms with Crippen molar-refractivity contribution in [2.24, 2.45) is 0 Å². The molecule has 1 aromatic rings. The molecule has 3 nitrogen and oxygen atoms in total. The van der Waals surface area contributed by atoms with E-state index in [9.17, 15) is 0 Å². The van der Waals surface area contributed by atoms with Gasteiger partial charge in [0.05, 0.1) is 12.2 Å². The largest absolute Gasteiger partial charge is 0.332 e. The lowest BCUT2D eigenvalue weighted by Crippen LogP contribution is -2.23. The van der Waals surface area contributed by atoms with Crippen molar-refractivity contribution in [1.82, 2.24) is 12.7 Å². The average molecular weight is 291 g/mol. The summed E-state index contributed by atoms with van der Waals surface area (Å²) in [6, 6.07) is 0. The highest BCUT2D eigenvalue weighted by molar-refractivity contribution is 14.1. The number of halogens is 1. The lowest BCUT2D eigenvalue weighted by atomic mass is 10.2. The topological polar surface area (TPSA) is 21.1 Å². The van der Waals surface area contributed by atoms with Gasteiger partial charge in [0.25, 0.3) is 0 Å². The minimum Gasteiger partial charge on any atom is -0.332 e. The fraction of sp³-hybridized carbons (Fsp3) is 0.667. The van der Waals surface area contributed by atoms with Gasteiger partial charge in [0.2, 0.25) is 0 Å². The molecule has 2 rings (SSSR count). The molecule has 2 heterocycles. The van der Waals surface area contributed by atoms with Crippen LogP contribution in [0.5, 0.6) is 0 Å². The molecule has 0 radical (unpaired) electrons. The van der Waals surface area contributed by atoms with Crippen molar-refractivity contribution >= 4 is 22.9 Å². The molecule has 13 heavy (non-hydrogen) atoms. The SMILES string of the molecule is CCn1c(C)nc2c1CCN(I)C2. The van der Waals surface area contributed by atoms with E-state index in [1.807, 2.05) is 0 Å². The van der Waals surface area contributed by atoms with Crippen LogP contribution in [0.25, 0.3) is 0 Å². The second-order valence-corrected chi connectivity index (χ2v) is 4.76. The van der Waals surface area contributed by atoms with Gasteiger partial charge in [-0.1, -0.05) is 0 Å². The van der Waals surface area contributed by atoms with Gasteiger partial charge in [-0.25, -0.2) is 8.10 Å². The third kappa shape index (κ3) is 1.61. The molecule has 0 saturated carbocycles. The van der Waals surface area contributed by atoms with Crippen molar-refractivity contribution in [2.75, 3.05) is 6.54 Å². The van der Waals surface area contributed by atoms with E-state index in [1.165, 1.54) is 17.2 Å². The smallest absolute Gasteiger partial charge is 0.106 e. The third-order valence-electron chi connectivity index (χ3n) is 2.58. The number of hydrogen-bond donors (Lipinski definition) is 0. The molecule has 1 aliphatic rings. The van der Waals surface area contributed by atoms with Crippen molar-refractivity contribution in [3.05, 3.63) is 17.2 Å². The summed E-state index contributed by atoms with van der Waals surface area (Å²) in [5.74, 6) is 1.17. The molecule has 0 atom stereocenters. The first-order chi connectivity index (χ1) is 6.22. The summed E-state index contributed by atoms with van der Waals surface area (Å²) >= 11 is 2.37. The van der Waals surface area contributed by atoms with Crippen LogP contribution in [0.1, 0.15) is 24.1 Å². The van der Waals surface area contributed by atoms with E-state index >= 15 is 0 Å². The first kappa shape index (κ1) is 9.45. The summed E-state index contributed by atoms with van der Waals surface area (Å²) in [7, 11) is 0. The van der Waals surface area contributed by atoms with Crippen LogP contribution in [0, 0.1) is 6.92 Å². The van der Waals surface area contributed by atoms with Crippen LogP contribution in [-0.2, 0) is 19.5 Å². The van der Waals surface area contributed by atoms with E-state index < -0.39 is 0 Å². The number of rotatable bonds is 1. The van der Waals surface area contributed by atoms with Crippen molar-refractivity contribution in [2.45, 2.75) is 33.4 Å². The van der Waals surface area contributed by atoms with E-state index in [4.69, 9.17) is 0 Å². The zero-order valence-corrected chi connectivity index (χ0v) is 10.2. The van der Waals surface area contributed by atoms with Crippen LogP contribution < -0.4 is 0 Å². The summed E-state index contributed by atoms with van der Waals surface area (Å²) in [5.41, 5.74) is 2.73. The predicted molar refractivity (Wildman–Crippen MR) is 60.8 cm³/mol. The highest BCUT2D eigenvalue weighted by Gasteiger charge is 2.20. The maximum atomic E-state index is 4.59. The number of fused-ring (bicyclic) bond motifs is 1. The number of aryl methyl sites for hydroxylation is 1. The Balaban J connectivity index is 2.41. The molecule has 4 heteroatoms. The number of hydrogen-bond acceptors (Lipinski definition) is 2. The average Bonchev–Trinajstić information content (AvgIpc) is 2.39. The second kappa shape index (κ2) is 3.57. The predicted octanol–water partition coefficient (Wildman–Crippen LogP) is 1.92. The van der Waals surface area contributed by atoms with Gasteiger partial charge in [0.1, 0.15) is 5.82 Å². The van der Waals surface area contributed by atoms with Crippen LogP contribution in [0.15, 0.2) is 0 Å². The Morgan fingerprint density at radius 1 is 1.54 bits per heavy atom. The van der Waals surface area contributed by atoms with Gasteiger partial charge < -0.3 is 4.57 Å². The normalized spacial score (nSPS) is 17.5. The monoisotopic (exact) mass is 291 g/mol. The van der Waals surface area contributed by atoms with Gasteiger partial charge in [-0.05, 0) is 13.8 Å². The molecule has 0 N–H and O–H groups in total. The quantitative estimate of drug-likeness (QED) is 0.582. The number of aromatic nitrogens is 2. The first-order valence-corrected chi connectivity index (χ1v) is 5.64.